The van der Waals surface area contributed by atoms with Crippen LogP contribution in [0, 0.1) is 19.7 Å². The molecule has 110 heavy (non-hydrogen) atoms. The summed E-state index contributed by atoms with van der Waals surface area (Å²) in [4.78, 5) is 31.2. The van der Waals surface area contributed by atoms with Crippen LogP contribution >= 0.6 is 0 Å². The average Bonchev–Trinajstić information content (AvgIpc) is 1.38. The second-order valence-corrected chi connectivity index (χ2v) is 28.2. The topological polar surface area (TPSA) is 61.5 Å². The number of aromatic nitrogens is 3. The van der Waals surface area contributed by atoms with Gasteiger partial charge in [-0.2, -0.15) is 0 Å². The number of anilines is 9. The highest BCUT2D eigenvalue weighted by Gasteiger charge is 2.52. The first kappa shape index (κ1) is 67.1. The van der Waals surface area contributed by atoms with Crippen molar-refractivity contribution < 1.29 is 0 Å². The maximum Gasteiger partial charge on any atom is 0.190 e. The minimum absolute atomic E-state index is 0.0618. The Labute approximate surface area is 641 Å². The molecule has 0 fully saturated rings. The molecule has 3 aliphatic heterocycles. The third-order valence-electron chi connectivity index (χ3n) is 22.1. The number of hydrogen-bond acceptors (Lipinski definition) is 6. The van der Waals surface area contributed by atoms with E-state index in [0.717, 1.165) is 62.2 Å². The van der Waals surface area contributed by atoms with E-state index in [1.807, 2.05) is 18.2 Å². The van der Waals surface area contributed by atoms with E-state index in [1.54, 1.807) is 36.8 Å². The van der Waals surface area contributed by atoms with E-state index >= 15 is 0 Å². The first-order valence-corrected chi connectivity index (χ1v) is 36.8. The Kier molecular flexibility index (Phi) is 17.0. The normalized spacial score (nSPS) is 13.5. The van der Waals surface area contributed by atoms with Crippen LogP contribution < -0.4 is 14.7 Å². The lowest BCUT2D eigenvalue weighted by molar-refractivity contribution is 0.632. The zero-order chi connectivity index (χ0) is 74.3. The zero-order valence-corrected chi connectivity index (χ0v) is 60.4. The standard InChI is InChI=1S/C37H23N3.C37H25N3.C27H21N3/c1-38-26-22-23-39-34(24-26)25-18-20-27(21-19-25)40-35-16-8-6-14-32(35)37(33-15-7-9-17-36(33)40)30-12-4-2-10-28(30)29-11-3-5-13-31(29)37;1-38-30-24-25-39-34(26-30)27-20-22-31(23-21-27)40-35-18-10-8-16-32(35)37(28-12-4-2-5-13-28,29-14-6-3-7-15-29)33-17-9-11-19-36(33)40;1-27(2)22-8-4-6-10-25(22)30(26-11-7-5-9-23(26)27)21-14-12-19(13-15-21)24-18-20(28-3)16-17-29-24/h2-24H;2-26H;4-18H,1-2H3. The van der Waals surface area contributed by atoms with Crippen molar-refractivity contribution in [2.24, 2.45) is 0 Å². The van der Waals surface area contributed by atoms with Crippen molar-refractivity contribution in [2.45, 2.75) is 30.1 Å². The lowest BCUT2D eigenvalue weighted by atomic mass is 9.62. The van der Waals surface area contributed by atoms with E-state index < -0.39 is 10.8 Å². The molecule has 0 unspecified atom stereocenters. The molecule has 0 saturated heterocycles. The molecule has 3 aromatic heterocycles. The number of fused-ring (bicyclic) bond motifs is 13. The van der Waals surface area contributed by atoms with E-state index in [1.165, 1.54) is 89.5 Å². The van der Waals surface area contributed by atoms with Crippen molar-refractivity contribution in [2.75, 3.05) is 14.7 Å². The van der Waals surface area contributed by atoms with Gasteiger partial charge in [0, 0.05) is 41.1 Å². The van der Waals surface area contributed by atoms with Crippen LogP contribution in [0.4, 0.5) is 68.2 Å². The van der Waals surface area contributed by atoms with Crippen molar-refractivity contribution in [3.8, 4) is 44.9 Å². The molecule has 0 N–H and O–H groups in total. The van der Waals surface area contributed by atoms with Gasteiger partial charge in [-0.3, -0.25) is 15.0 Å². The van der Waals surface area contributed by atoms with Gasteiger partial charge in [-0.15, -0.1) is 0 Å². The zero-order valence-electron chi connectivity index (χ0n) is 60.4. The Hall–Kier alpha value is -14.8. The molecule has 6 heterocycles. The molecule has 1 aliphatic carbocycles. The van der Waals surface area contributed by atoms with Crippen LogP contribution in [0.2, 0.25) is 0 Å². The van der Waals surface area contributed by atoms with Gasteiger partial charge in [-0.1, -0.05) is 269 Å². The van der Waals surface area contributed by atoms with Gasteiger partial charge in [0.15, 0.2) is 17.1 Å². The fourth-order valence-electron chi connectivity index (χ4n) is 17.3. The molecule has 16 aromatic rings. The fraction of sp³-hybridized carbons (Fsp3) is 0.0495. The van der Waals surface area contributed by atoms with Crippen molar-refractivity contribution in [3.05, 3.63) is 472 Å². The van der Waals surface area contributed by atoms with Crippen molar-refractivity contribution >= 4 is 68.2 Å². The van der Waals surface area contributed by atoms with E-state index in [9.17, 15) is 0 Å². The summed E-state index contributed by atoms with van der Waals surface area (Å²) in [6.07, 6.45) is 5.08. The van der Waals surface area contributed by atoms with Crippen molar-refractivity contribution in [3.63, 3.8) is 0 Å². The van der Waals surface area contributed by atoms with Gasteiger partial charge in [-0.25, -0.2) is 14.5 Å². The monoisotopic (exact) mass is 1410 g/mol. The highest BCUT2D eigenvalue weighted by atomic mass is 15.2. The molecule has 0 radical (unpaired) electrons. The van der Waals surface area contributed by atoms with Crippen LogP contribution in [-0.2, 0) is 16.2 Å². The molecule has 4 aliphatic rings. The van der Waals surface area contributed by atoms with Crippen LogP contribution in [0.3, 0.4) is 0 Å². The summed E-state index contributed by atoms with van der Waals surface area (Å²) in [7, 11) is 0. The number of hydrogen-bond donors (Lipinski definition) is 0. The lowest BCUT2D eigenvalue weighted by Gasteiger charge is -2.46. The molecule has 13 aromatic carbocycles. The largest absolute Gasteiger partial charge is 0.310 e. The quantitative estimate of drug-likeness (QED) is 0.141. The molecule has 20 rings (SSSR count). The van der Waals surface area contributed by atoms with Gasteiger partial charge in [0.25, 0.3) is 0 Å². The van der Waals surface area contributed by atoms with Crippen LogP contribution in [0.25, 0.3) is 59.4 Å². The maximum atomic E-state index is 7.36. The van der Waals surface area contributed by atoms with Crippen molar-refractivity contribution in [1.82, 2.24) is 15.0 Å². The first-order chi connectivity index (χ1) is 54.2. The van der Waals surface area contributed by atoms with Gasteiger partial charge in [0.1, 0.15) is 0 Å². The van der Waals surface area contributed by atoms with Crippen LogP contribution in [-0.4, -0.2) is 15.0 Å². The highest BCUT2D eigenvalue weighted by molar-refractivity contribution is 5.97. The van der Waals surface area contributed by atoms with E-state index in [0.29, 0.717) is 17.1 Å². The molecule has 9 nitrogen and oxygen atoms in total. The summed E-state index contributed by atoms with van der Waals surface area (Å²) >= 11 is 0. The van der Waals surface area contributed by atoms with Gasteiger partial charge in [0.05, 0.1) is 81.8 Å². The average molecular weight is 1410 g/mol. The summed E-state index contributed by atoms with van der Waals surface area (Å²) in [6.45, 7) is 26.5. The number of rotatable bonds is 8. The number of nitrogens with zero attached hydrogens (tertiary/aromatic N) is 9. The summed E-state index contributed by atoms with van der Waals surface area (Å²) in [5.74, 6) is 0. The second kappa shape index (κ2) is 27.9. The molecular weight excluding hydrogens is 1340 g/mol. The van der Waals surface area contributed by atoms with Gasteiger partial charge in [-0.05, 0) is 193 Å². The molecule has 9 heteroatoms. The Morgan fingerprint density at radius 2 is 0.491 bits per heavy atom. The summed E-state index contributed by atoms with van der Waals surface area (Å²) < 4.78 is 0. The number of benzene rings is 13. The van der Waals surface area contributed by atoms with Crippen LogP contribution in [0.1, 0.15) is 69.5 Å². The molecule has 0 atom stereocenters. The smallest absolute Gasteiger partial charge is 0.190 e. The first-order valence-electron chi connectivity index (χ1n) is 36.8. The number of para-hydroxylation sites is 6. The lowest BCUT2D eigenvalue weighted by Crippen LogP contribution is -2.37. The molecule has 0 bridgehead atoms. The predicted octanol–water partition coefficient (Wildman–Crippen LogP) is 26.3. The van der Waals surface area contributed by atoms with Crippen molar-refractivity contribution in [1.29, 1.82) is 0 Å². The summed E-state index contributed by atoms with van der Waals surface area (Å²) in [5, 5.41) is 0. The molecule has 0 saturated carbocycles. The number of pyridine rings is 3. The maximum absolute atomic E-state index is 7.36. The molecular formula is C101H69N9. The summed E-state index contributed by atoms with van der Waals surface area (Å²) in [5.41, 5.74) is 32.0. The Balaban J connectivity index is 0.000000117. The van der Waals surface area contributed by atoms with Crippen LogP contribution in [0.5, 0.6) is 0 Å². The van der Waals surface area contributed by atoms with Crippen LogP contribution in [0.15, 0.2) is 383 Å². The van der Waals surface area contributed by atoms with E-state index in [4.69, 9.17) is 19.7 Å². The third-order valence-corrected chi connectivity index (χ3v) is 22.1. The Bertz CT molecular complexity index is 5900. The minimum atomic E-state index is -0.476. The molecule has 1 spiro atoms. The third kappa shape index (κ3) is 11.1. The second-order valence-electron chi connectivity index (χ2n) is 28.2. The van der Waals surface area contributed by atoms with E-state index in [2.05, 4.69) is 386 Å². The van der Waals surface area contributed by atoms with Gasteiger partial charge in [0.2, 0.25) is 0 Å². The Morgan fingerprint density at radius 3 is 0.791 bits per heavy atom. The predicted molar refractivity (Wildman–Crippen MR) is 447 cm³/mol. The van der Waals surface area contributed by atoms with E-state index in [-0.39, 0.29) is 5.41 Å². The fourth-order valence-corrected chi connectivity index (χ4v) is 17.3. The van der Waals surface area contributed by atoms with Gasteiger partial charge < -0.3 is 14.7 Å². The SMILES string of the molecule is [C-]#[N+]c1ccnc(-c2ccc(N3c4ccccc4C(C)(C)c4ccccc43)cc2)c1.[C-]#[N+]c1ccnc(-c2ccc(N3c4ccccc4C(c4ccccc4)(c4ccccc4)c4ccccc43)cc2)c1.[C-]#[N+]c1ccnc(-c2ccc(N3c4ccccc4C4(c5ccccc5-c5ccccc54)c4ccccc43)cc2)c1. The highest BCUT2D eigenvalue weighted by Crippen LogP contribution is 2.64. The summed E-state index contributed by atoms with van der Waals surface area (Å²) in [6, 6.07) is 128. The Morgan fingerprint density at radius 1 is 0.245 bits per heavy atom. The molecule has 518 valence electrons. The van der Waals surface area contributed by atoms with Gasteiger partial charge >= 0.3 is 0 Å². The molecule has 0 amide bonds. The minimum Gasteiger partial charge on any atom is -0.310 e.